The van der Waals surface area contributed by atoms with E-state index in [1.54, 1.807) is 0 Å². The van der Waals surface area contributed by atoms with Gasteiger partial charge in [0.2, 0.25) is 0 Å². The van der Waals surface area contributed by atoms with Crippen molar-refractivity contribution in [3.05, 3.63) is 59.7 Å². The van der Waals surface area contributed by atoms with E-state index in [1.807, 2.05) is 19.1 Å². The lowest BCUT2D eigenvalue weighted by Crippen LogP contribution is -1.72. The van der Waals surface area contributed by atoms with Gasteiger partial charge in [-0.15, -0.1) is 0 Å². The Morgan fingerprint density at radius 1 is 1.06 bits per heavy atom. The van der Waals surface area contributed by atoms with Crippen molar-refractivity contribution in [1.82, 2.24) is 0 Å². The second-order valence-electron chi connectivity index (χ2n) is 3.39. The summed E-state index contributed by atoms with van der Waals surface area (Å²) in [5.74, 6) is 2.28. The van der Waals surface area contributed by atoms with Crippen molar-refractivity contribution in [1.29, 1.82) is 0 Å². The average Bonchev–Trinajstić information content (AvgIpc) is 2.30. The molecule has 0 N–H and O–H groups in total. The molecule has 16 heavy (non-hydrogen) atoms. The Labute approximate surface area is 102 Å². The summed E-state index contributed by atoms with van der Waals surface area (Å²) in [6.07, 6.45) is 18.1. The summed E-state index contributed by atoms with van der Waals surface area (Å²) < 4.78 is 0. The molecule has 0 aliphatic heterocycles. The first kappa shape index (κ1) is 15.1. The van der Waals surface area contributed by atoms with E-state index in [-0.39, 0.29) is 7.92 Å². The summed E-state index contributed by atoms with van der Waals surface area (Å²) in [4.78, 5) is 0. The van der Waals surface area contributed by atoms with Crippen LogP contribution in [0.3, 0.4) is 0 Å². The van der Waals surface area contributed by atoms with Crippen molar-refractivity contribution in [2.24, 2.45) is 0 Å². The third-order valence-corrected chi connectivity index (χ3v) is 3.90. The predicted octanol–water partition coefficient (Wildman–Crippen LogP) is 5.61. The first-order valence-corrected chi connectivity index (χ1v) is 7.63. The van der Waals surface area contributed by atoms with E-state index in [0.717, 1.165) is 6.42 Å². The van der Waals surface area contributed by atoms with Crippen molar-refractivity contribution < 1.29 is 0 Å². The van der Waals surface area contributed by atoms with Crippen LogP contribution in [0.1, 0.15) is 27.2 Å². The highest BCUT2D eigenvalue weighted by Gasteiger charge is 1.98. The summed E-state index contributed by atoms with van der Waals surface area (Å²) in [6.45, 7) is 8.58. The quantitative estimate of drug-likeness (QED) is 0.413. The van der Waals surface area contributed by atoms with Gasteiger partial charge in [-0.2, -0.15) is 0 Å². The van der Waals surface area contributed by atoms with Gasteiger partial charge in [-0.1, -0.05) is 69.3 Å². The molecule has 0 radical (unpaired) electrons. The molecule has 0 aromatic carbocycles. The average molecular weight is 234 g/mol. The lowest BCUT2D eigenvalue weighted by atomic mass is 10.4. The summed E-state index contributed by atoms with van der Waals surface area (Å²) in [6, 6.07) is 0. The molecule has 0 aromatic rings. The van der Waals surface area contributed by atoms with Crippen LogP contribution in [0.25, 0.3) is 0 Å². The van der Waals surface area contributed by atoms with Gasteiger partial charge in [-0.25, -0.2) is 0 Å². The molecular weight excluding hydrogens is 211 g/mol. The fourth-order valence-electron chi connectivity index (χ4n) is 1.16. The summed E-state index contributed by atoms with van der Waals surface area (Å²) in [7, 11) is -0.158. The molecule has 0 spiro atoms. The van der Waals surface area contributed by atoms with E-state index >= 15 is 0 Å². The SMILES string of the molecule is C\C=C/C=C\C=C\P(C)C(/C=C\CC)=C/C. The van der Waals surface area contributed by atoms with Gasteiger partial charge in [0.1, 0.15) is 0 Å². The summed E-state index contributed by atoms with van der Waals surface area (Å²) in [5, 5.41) is 1.44. The highest BCUT2D eigenvalue weighted by atomic mass is 31.1. The van der Waals surface area contributed by atoms with Gasteiger partial charge >= 0.3 is 0 Å². The van der Waals surface area contributed by atoms with Crippen LogP contribution >= 0.6 is 7.92 Å². The van der Waals surface area contributed by atoms with Crippen LogP contribution in [0, 0.1) is 0 Å². The second-order valence-corrected chi connectivity index (χ2v) is 5.42. The molecule has 0 saturated heterocycles. The molecular formula is C15H23P. The Morgan fingerprint density at radius 2 is 1.75 bits per heavy atom. The van der Waals surface area contributed by atoms with Crippen molar-refractivity contribution in [2.75, 3.05) is 6.66 Å². The molecule has 0 fully saturated rings. The van der Waals surface area contributed by atoms with Crippen LogP contribution in [0.15, 0.2) is 59.7 Å². The van der Waals surface area contributed by atoms with E-state index in [9.17, 15) is 0 Å². The molecule has 0 rings (SSSR count). The third kappa shape index (κ3) is 7.43. The highest BCUT2D eigenvalue weighted by molar-refractivity contribution is 7.64. The maximum Gasteiger partial charge on any atom is -0.0250 e. The van der Waals surface area contributed by atoms with E-state index in [0.29, 0.717) is 0 Å². The van der Waals surface area contributed by atoms with Crippen LogP contribution in [-0.2, 0) is 0 Å². The second kappa shape index (κ2) is 10.6. The first-order valence-electron chi connectivity index (χ1n) is 5.78. The third-order valence-electron chi connectivity index (χ3n) is 2.06. The lowest BCUT2D eigenvalue weighted by Gasteiger charge is -2.07. The van der Waals surface area contributed by atoms with E-state index in [1.165, 1.54) is 5.31 Å². The molecule has 0 nitrogen and oxygen atoms in total. The molecule has 0 aliphatic rings. The Kier molecular flexibility index (Phi) is 10.1. The van der Waals surface area contributed by atoms with E-state index < -0.39 is 0 Å². The molecule has 1 heteroatoms. The minimum Gasteiger partial charge on any atom is -0.0877 e. The molecule has 0 heterocycles. The lowest BCUT2D eigenvalue weighted by molar-refractivity contribution is 1.22. The van der Waals surface area contributed by atoms with Crippen molar-refractivity contribution >= 4 is 7.92 Å². The van der Waals surface area contributed by atoms with Crippen LogP contribution in [-0.4, -0.2) is 6.66 Å². The maximum atomic E-state index is 2.28. The van der Waals surface area contributed by atoms with Gasteiger partial charge in [-0.3, -0.25) is 0 Å². The zero-order valence-corrected chi connectivity index (χ0v) is 11.7. The highest BCUT2D eigenvalue weighted by Crippen LogP contribution is 2.42. The number of hydrogen-bond acceptors (Lipinski definition) is 0. The van der Waals surface area contributed by atoms with Gasteiger partial charge in [0.25, 0.3) is 0 Å². The molecule has 1 atom stereocenters. The number of hydrogen-bond donors (Lipinski definition) is 0. The molecule has 0 bridgehead atoms. The maximum absolute atomic E-state index is 2.28. The van der Waals surface area contributed by atoms with E-state index in [4.69, 9.17) is 0 Å². The first-order chi connectivity index (χ1) is 7.76. The van der Waals surface area contributed by atoms with Crippen molar-refractivity contribution in [3.8, 4) is 0 Å². The fraction of sp³-hybridized carbons (Fsp3) is 0.333. The monoisotopic (exact) mass is 234 g/mol. The number of rotatable bonds is 6. The zero-order chi connectivity index (χ0) is 12.2. The predicted molar refractivity (Wildman–Crippen MR) is 79.1 cm³/mol. The molecule has 0 aliphatic carbocycles. The van der Waals surface area contributed by atoms with Crippen LogP contribution in [0.2, 0.25) is 0 Å². The Bertz CT molecular complexity index is 303. The number of allylic oxidation sites excluding steroid dienone is 9. The minimum atomic E-state index is -0.158. The topological polar surface area (TPSA) is 0 Å². The molecule has 0 aromatic heterocycles. The van der Waals surface area contributed by atoms with Gasteiger partial charge < -0.3 is 0 Å². The molecule has 88 valence electrons. The Hall–Kier alpha value is -0.870. The Balaban J connectivity index is 4.32. The van der Waals surface area contributed by atoms with Crippen molar-refractivity contribution in [3.63, 3.8) is 0 Å². The molecule has 0 amide bonds. The molecule has 0 saturated carbocycles. The smallest absolute Gasteiger partial charge is 0.0250 e. The standard InChI is InChI=1S/C15H23P/c1-5-8-10-11-12-14-16(4)15(7-3)13-9-6-2/h5,7-14H,6H2,1-4H3/b8-5-,11-10-,13-9-,14-12+,15-7+. The molecule has 1 unspecified atom stereocenters. The van der Waals surface area contributed by atoms with Crippen LogP contribution in [0.4, 0.5) is 0 Å². The van der Waals surface area contributed by atoms with Gasteiger partial charge in [0.15, 0.2) is 0 Å². The largest absolute Gasteiger partial charge is 0.0877 e. The zero-order valence-electron chi connectivity index (χ0n) is 10.9. The van der Waals surface area contributed by atoms with Crippen molar-refractivity contribution in [2.45, 2.75) is 27.2 Å². The van der Waals surface area contributed by atoms with E-state index in [2.05, 4.69) is 62.8 Å². The Morgan fingerprint density at radius 3 is 2.31 bits per heavy atom. The van der Waals surface area contributed by atoms with Gasteiger partial charge in [0, 0.05) is 0 Å². The van der Waals surface area contributed by atoms with Gasteiger partial charge in [-0.05, 0) is 32.2 Å². The minimum absolute atomic E-state index is 0.158. The summed E-state index contributed by atoms with van der Waals surface area (Å²) >= 11 is 0. The normalized spacial score (nSPS) is 16.1. The fourth-order valence-corrected chi connectivity index (χ4v) is 2.44. The van der Waals surface area contributed by atoms with Crippen LogP contribution < -0.4 is 0 Å². The summed E-state index contributed by atoms with van der Waals surface area (Å²) in [5.41, 5.74) is 0. The van der Waals surface area contributed by atoms with Gasteiger partial charge in [0.05, 0.1) is 0 Å². The van der Waals surface area contributed by atoms with Crippen LogP contribution in [0.5, 0.6) is 0 Å².